The van der Waals surface area contributed by atoms with Gasteiger partial charge in [0.15, 0.2) is 0 Å². The number of nitrogens with zero attached hydrogens (tertiary/aromatic N) is 1. The number of hydrogen-bond acceptors (Lipinski definition) is 4. The van der Waals surface area contributed by atoms with Crippen molar-refractivity contribution in [2.75, 3.05) is 19.6 Å². The summed E-state index contributed by atoms with van der Waals surface area (Å²) in [6.45, 7) is 4.29. The van der Waals surface area contributed by atoms with Gasteiger partial charge in [-0.15, -0.1) is 0 Å². The number of halogens is 1. The maximum Gasteiger partial charge on any atom is 0.246 e. The fraction of sp³-hybridized carbons (Fsp3) is 0.526. The van der Waals surface area contributed by atoms with E-state index in [0.717, 1.165) is 5.56 Å². The minimum absolute atomic E-state index is 0.129. The Morgan fingerprint density at radius 1 is 1.30 bits per heavy atom. The fourth-order valence-corrected chi connectivity index (χ4v) is 4.43. The molecule has 0 saturated carbocycles. The van der Waals surface area contributed by atoms with Crippen molar-refractivity contribution >= 4 is 33.6 Å². The molecule has 150 valence electrons. The SMILES string of the molecule is CC(C)(O)CCNS(=O)(=O)C1CCN(C(=O)/C=C/c2ccc(Cl)cc2)CC1. The first-order valence-electron chi connectivity index (χ1n) is 9.00. The highest BCUT2D eigenvalue weighted by Gasteiger charge is 2.31. The van der Waals surface area contributed by atoms with Crippen LogP contribution < -0.4 is 4.72 Å². The number of hydrogen-bond donors (Lipinski definition) is 2. The van der Waals surface area contributed by atoms with Crippen molar-refractivity contribution in [3.63, 3.8) is 0 Å². The van der Waals surface area contributed by atoms with Crippen molar-refractivity contribution in [3.05, 3.63) is 40.9 Å². The van der Waals surface area contributed by atoms with Crippen LogP contribution in [0.3, 0.4) is 0 Å². The number of piperidine rings is 1. The molecule has 1 aromatic rings. The van der Waals surface area contributed by atoms with E-state index in [2.05, 4.69) is 4.72 Å². The van der Waals surface area contributed by atoms with Gasteiger partial charge < -0.3 is 10.0 Å². The van der Waals surface area contributed by atoms with Gasteiger partial charge in [-0.25, -0.2) is 13.1 Å². The summed E-state index contributed by atoms with van der Waals surface area (Å²) in [6.07, 6.45) is 4.37. The number of amides is 1. The van der Waals surface area contributed by atoms with Crippen LogP contribution in [0.2, 0.25) is 5.02 Å². The molecule has 0 atom stereocenters. The molecule has 1 amide bonds. The number of sulfonamides is 1. The number of rotatable bonds is 7. The minimum atomic E-state index is -3.44. The van der Waals surface area contributed by atoms with Crippen LogP contribution in [0.4, 0.5) is 0 Å². The molecular weight excluding hydrogens is 388 g/mol. The summed E-state index contributed by atoms with van der Waals surface area (Å²) in [7, 11) is -3.44. The number of likely N-dealkylation sites (tertiary alicyclic amines) is 1. The van der Waals surface area contributed by atoms with Gasteiger partial charge in [0.2, 0.25) is 15.9 Å². The summed E-state index contributed by atoms with van der Waals surface area (Å²) >= 11 is 5.83. The smallest absolute Gasteiger partial charge is 0.246 e. The second-order valence-corrected chi connectivity index (χ2v) is 9.89. The van der Waals surface area contributed by atoms with E-state index in [1.807, 2.05) is 12.1 Å². The molecule has 0 unspecified atom stereocenters. The molecule has 1 aliphatic rings. The van der Waals surface area contributed by atoms with E-state index >= 15 is 0 Å². The molecule has 2 N–H and O–H groups in total. The summed E-state index contributed by atoms with van der Waals surface area (Å²) in [5, 5.41) is 9.80. The molecule has 1 aromatic carbocycles. The van der Waals surface area contributed by atoms with Gasteiger partial charge in [-0.2, -0.15) is 0 Å². The van der Waals surface area contributed by atoms with E-state index in [4.69, 9.17) is 11.6 Å². The first-order chi connectivity index (χ1) is 12.6. The molecule has 0 aromatic heterocycles. The van der Waals surface area contributed by atoms with Gasteiger partial charge in [0.1, 0.15) is 0 Å². The third-order valence-corrected chi connectivity index (χ3v) is 6.73. The lowest BCUT2D eigenvalue weighted by Gasteiger charge is -2.31. The van der Waals surface area contributed by atoms with Crippen molar-refractivity contribution < 1.29 is 18.3 Å². The van der Waals surface area contributed by atoms with Crippen molar-refractivity contribution in [1.82, 2.24) is 9.62 Å². The van der Waals surface area contributed by atoms with Crippen molar-refractivity contribution in [3.8, 4) is 0 Å². The molecule has 1 heterocycles. The topological polar surface area (TPSA) is 86.7 Å². The van der Waals surface area contributed by atoms with E-state index in [-0.39, 0.29) is 12.5 Å². The first-order valence-corrected chi connectivity index (χ1v) is 10.9. The Kier molecular flexibility index (Phi) is 7.45. The Hall–Kier alpha value is -1.41. The maximum atomic E-state index is 12.4. The second-order valence-electron chi connectivity index (χ2n) is 7.41. The molecule has 1 aliphatic heterocycles. The zero-order valence-corrected chi connectivity index (χ0v) is 17.3. The molecule has 2 rings (SSSR count). The molecular formula is C19H27ClN2O4S. The quantitative estimate of drug-likeness (QED) is 0.671. The Balaban J connectivity index is 1.83. The van der Waals surface area contributed by atoms with Crippen LogP contribution in [0.25, 0.3) is 6.08 Å². The lowest BCUT2D eigenvalue weighted by Crippen LogP contribution is -2.45. The monoisotopic (exact) mass is 414 g/mol. The highest BCUT2D eigenvalue weighted by atomic mass is 35.5. The van der Waals surface area contributed by atoms with E-state index in [0.29, 0.717) is 37.4 Å². The van der Waals surface area contributed by atoms with Gasteiger partial charge in [-0.1, -0.05) is 23.7 Å². The standard InChI is InChI=1S/C19H27ClN2O4S/c1-19(2,24)11-12-21-27(25,26)17-9-13-22(14-10-17)18(23)8-5-15-3-6-16(20)7-4-15/h3-8,17,21,24H,9-14H2,1-2H3/b8-5+. The number of carbonyl (C=O) groups excluding carboxylic acids is 1. The van der Waals surface area contributed by atoms with Gasteiger partial charge in [0.25, 0.3) is 0 Å². The van der Waals surface area contributed by atoms with Crippen LogP contribution in [-0.2, 0) is 14.8 Å². The Morgan fingerprint density at radius 3 is 2.44 bits per heavy atom. The van der Waals surface area contributed by atoms with Crippen molar-refractivity contribution in [1.29, 1.82) is 0 Å². The van der Waals surface area contributed by atoms with Gasteiger partial charge in [0.05, 0.1) is 10.9 Å². The minimum Gasteiger partial charge on any atom is -0.390 e. The van der Waals surface area contributed by atoms with E-state index < -0.39 is 20.9 Å². The van der Waals surface area contributed by atoms with Gasteiger partial charge in [0, 0.05) is 30.7 Å². The first kappa shape index (κ1) is 21.9. The van der Waals surface area contributed by atoms with Gasteiger partial charge >= 0.3 is 0 Å². The number of aliphatic hydroxyl groups is 1. The largest absolute Gasteiger partial charge is 0.390 e. The Bertz CT molecular complexity index is 762. The lowest BCUT2D eigenvalue weighted by molar-refractivity contribution is -0.126. The van der Waals surface area contributed by atoms with Gasteiger partial charge in [-0.3, -0.25) is 4.79 Å². The predicted octanol–water partition coefficient (Wildman–Crippen LogP) is 2.42. The molecule has 1 fully saturated rings. The molecule has 1 saturated heterocycles. The second kappa shape index (κ2) is 9.19. The fourth-order valence-electron chi connectivity index (χ4n) is 2.85. The van der Waals surface area contributed by atoms with Crippen molar-refractivity contribution in [2.45, 2.75) is 44.0 Å². The van der Waals surface area contributed by atoms with Crippen molar-refractivity contribution in [2.24, 2.45) is 0 Å². The zero-order valence-electron chi connectivity index (χ0n) is 15.7. The summed E-state index contributed by atoms with van der Waals surface area (Å²) < 4.78 is 27.3. The summed E-state index contributed by atoms with van der Waals surface area (Å²) in [5.41, 5.74) is -0.0319. The molecule has 8 heteroatoms. The average Bonchev–Trinajstić information content (AvgIpc) is 2.60. The number of benzene rings is 1. The summed E-state index contributed by atoms with van der Waals surface area (Å²) in [4.78, 5) is 14.0. The highest BCUT2D eigenvalue weighted by Crippen LogP contribution is 2.18. The zero-order chi connectivity index (χ0) is 20.1. The van der Waals surface area contributed by atoms with Crippen LogP contribution >= 0.6 is 11.6 Å². The van der Waals surface area contributed by atoms with Crippen LogP contribution in [0.15, 0.2) is 30.3 Å². The third-order valence-electron chi connectivity index (χ3n) is 4.52. The van der Waals surface area contributed by atoms with Crippen LogP contribution in [0.1, 0.15) is 38.7 Å². The molecule has 27 heavy (non-hydrogen) atoms. The van der Waals surface area contributed by atoms with Crippen LogP contribution in [-0.4, -0.2) is 54.8 Å². The highest BCUT2D eigenvalue weighted by molar-refractivity contribution is 7.90. The van der Waals surface area contributed by atoms with Gasteiger partial charge in [-0.05, 0) is 56.9 Å². The normalized spacial score (nSPS) is 16.8. The Morgan fingerprint density at radius 2 is 1.89 bits per heavy atom. The third kappa shape index (κ3) is 7.25. The molecule has 6 nitrogen and oxygen atoms in total. The van der Waals surface area contributed by atoms with E-state index in [1.54, 1.807) is 37.0 Å². The summed E-state index contributed by atoms with van der Waals surface area (Å²) in [5.74, 6) is -0.129. The number of nitrogens with one attached hydrogen (secondary N) is 1. The average molecular weight is 415 g/mol. The van der Waals surface area contributed by atoms with E-state index in [1.165, 1.54) is 6.08 Å². The lowest BCUT2D eigenvalue weighted by atomic mass is 10.1. The molecule has 0 aliphatic carbocycles. The van der Waals surface area contributed by atoms with Crippen LogP contribution in [0, 0.1) is 0 Å². The molecule has 0 spiro atoms. The molecule has 0 bridgehead atoms. The maximum absolute atomic E-state index is 12.4. The Labute approximate surface area is 166 Å². The predicted molar refractivity (Wildman–Crippen MR) is 108 cm³/mol. The molecule has 0 radical (unpaired) electrons. The number of carbonyl (C=O) groups is 1. The van der Waals surface area contributed by atoms with Crippen LogP contribution in [0.5, 0.6) is 0 Å². The van der Waals surface area contributed by atoms with E-state index in [9.17, 15) is 18.3 Å². The summed E-state index contributed by atoms with van der Waals surface area (Å²) in [6, 6.07) is 7.16.